The summed E-state index contributed by atoms with van der Waals surface area (Å²) in [6.45, 7) is 4.73. The average Bonchev–Trinajstić information content (AvgIpc) is 1.90. The monoisotopic (exact) mass is 100 g/mol. The highest BCUT2D eigenvalue weighted by Gasteiger charge is 1.96. The third-order valence-electron chi connectivity index (χ3n) is 0.798. The highest BCUT2D eigenvalue weighted by molar-refractivity contribution is 4.51. The Labute approximate surface area is 43.4 Å². The molecular weight excluding hydrogens is 92.1 g/mol. The van der Waals surface area contributed by atoms with E-state index in [1.165, 1.54) is 0 Å². The Balaban J connectivity index is 2.04. The van der Waals surface area contributed by atoms with Crippen LogP contribution in [-0.2, 0) is 9.47 Å². The maximum absolute atomic E-state index is 4.96. The first-order valence-electron chi connectivity index (χ1n) is 2.42. The zero-order chi connectivity index (χ0) is 4.95. The number of hydrogen-bond acceptors (Lipinski definition) is 2. The van der Waals surface area contributed by atoms with E-state index in [0.717, 1.165) is 19.6 Å². The van der Waals surface area contributed by atoms with Gasteiger partial charge in [-0.25, -0.2) is 0 Å². The van der Waals surface area contributed by atoms with Crippen LogP contribution < -0.4 is 0 Å². The molecule has 0 aromatic rings. The van der Waals surface area contributed by atoms with E-state index in [-0.39, 0.29) is 0 Å². The van der Waals surface area contributed by atoms with E-state index >= 15 is 0 Å². The molecular formula is C5H8O2. The molecule has 1 aliphatic rings. The second kappa shape index (κ2) is 2.99. The lowest BCUT2D eigenvalue weighted by molar-refractivity contribution is 0.146. The fraction of sp³-hybridized carbons (Fsp3) is 0.800. The molecule has 1 fully saturated rings. The molecule has 40 valence electrons. The van der Waals surface area contributed by atoms with Crippen molar-refractivity contribution in [2.45, 2.75) is 6.42 Å². The van der Waals surface area contributed by atoms with Gasteiger partial charge in [0.1, 0.15) is 0 Å². The predicted octanol–water partition coefficient (Wildman–Crippen LogP) is 0.462. The lowest BCUT2D eigenvalue weighted by atomic mass is 10.5. The van der Waals surface area contributed by atoms with Gasteiger partial charge >= 0.3 is 0 Å². The van der Waals surface area contributed by atoms with Crippen LogP contribution in [0.4, 0.5) is 0 Å². The topological polar surface area (TPSA) is 18.5 Å². The van der Waals surface area contributed by atoms with E-state index in [0.29, 0.717) is 6.61 Å². The second-order valence-electron chi connectivity index (χ2n) is 1.40. The third kappa shape index (κ3) is 1.90. The Morgan fingerprint density at radius 2 is 2.29 bits per heavy atom. The number of hydrogen-bond donors (Lipinski definition) is 0. The summed E-state index contributed by atoms with van der Waals surface area (Å²) in [7, 11) is 0. The van der Waals surface area contributed by atoms with Crippen molar-refractivity contribution in [2.75, 3.05) is 19.8 Å². The Hall–Kier alpha value is -0.0800. The Morgan fingerprint density at radius 3 is 3.29 bits per heavy atom. The predicted molar refractivity (Wildman–Crippen MR) is 24.6 cm³/mol. The minimum absolute atomic E-state index is 0.528. The smallest absolute Gasteiger partial charge is 0.160 e. The van der Waals surface area contributed by atoms with E-state index in [9.17, 15) is 0 Å². The van der Waals surface area contributed by atoms with Gasteiger partial charge in [-0.05, 0) is 6.42 Å². The van der Waals surface area contributed by atoms with Gasteiger partial charge in [0.15, 0.2) is 6.61 Å². The van der Waals surface area contributed by atoms with Crippen LogP contribution in [0.15, 0.2) is 0 Å². The summed E-state index contributed by atoms with van der Waals surface area (Å²) in [5.74, 6) is 0. The molecule has 0 spiro atoms. The summed E-state index contributed by atoms with van der Waals surface area (Å²) in [4.78, 5) is 0. The molecule has 2 heteroatoms. The molecule has 0 amide bonds. The van der Waals surface area contributed by atoms with Gasteiger partial charge in [0.05, 0.1) is 6.61 Å². The maximum Gasteiger partial charge on any atom is 0.160 e. The summed E-state index contributed by atoms with van der Waals surface area (Å²) < 4.78 is 9.78. The molecule has 0 atom stereocenters. The molecule has 1 aliphatic heterocycles. The van der Waals surface area contributed by atoms with E-state index in [2.05, 4.69) is 6.61 Å². The summed E-state index contributed by atoms with van der Waals surface area (Å²) in [6, 6.07) is 0. The third-order valence-corrected chi connectivity index (χ3v) is 0.798. The van der Waals surface area contributed by atoms with Crippen molar-refractivity contribution < 1.29 is 9.47 Å². The second-order valence-corrected chi connectivity index (χ2v) is 1.40. The minimum atomic E-state index is 0.528. The highest BCUT2D eigenvalue weighted by Crippen LogP contribution is 1.94. The first-order valence-corrected chi connectivity index (χ1v) is 2.42. The first-order chi connectivity index (χ1) is 3.50. The summed E-state index contributed by atoms with van der Waals surface area (Å²) >= 11 is 0. The molecule has 2 nitrogen and oxygen atoms in total. The van der Waals surface area contributed by atoms with E-state index < -0.39 is 0 Å². The van der Waals surface area contributed by atoms with Crippen LogP contribution in [0.1, 0.15) is 6.42 Å². The van der Waals surface area contributed by atoms with Gasteiger partial charge in [0, 0.05) is 13.2 Å². The number of ether oxygens (including phenoxy) is 2. The molecule has 1 saturated heterocycles. The normalized spacial score (nSPS) is 24.0. The van der Waals surface area contributed by atoms with Crippen LogP contribution in [0.25, 0.3) is 0 Å². The molecule has 0 N–H and O–H groups in total. The van der Waals surface area contributed by atoms with Gasteiger partial charge in [0.25, 0.3) is 0 Å². The Bertz CT molecular complexity index is 25.7. The fourth-order valence-electron chi connectivity index (χ4n) is 0.461. The quantitative estimate of drug-likeness (QED) is 0.440. The first kappa shape index (κ1) is 5.06. The summed E-state index contributed by atoms with van der Waals surface area (Å²) in [5.41, 5.74) is 0. The lowest BCUT2D eigenvalue weighted by Gasteiger charge is -1.89. The fourth-order valence-corrected chi connectivity index (χ4v) is 0.461. The lowest BCUT2D eigenvalue weighted by Crippen LogP contribution is -1.90. The van der Waals surface area contributed by atoms with Crippen LogP contribution in [0, 0.1) is 6.61 Å². The van der Waals surface area contributed by atoms with Gasteiger partial charge < -0.3 is 9.47 Å². The Kier molecular flexibility index (Phi) is 2.17. The van der Waals surface area contributed by atoms with E-state index in [1.54, 1.807) is 0 Å². The van der Waals surface area contributed by atoms with Gasteiger partial charge in [-0.1, -0.05) is 0 Å². The molecule has 0 aliphatic carbocycles. The van der Waals surface area contributed by atoms with Crippen LogP contribution in [0.2, 0.25) is 0 Å². The molecule has 0 bridgehead atoms. The van der Waals surface area contributed by atoms with Crippen molar-refractivity contribution in [2.24, 2.45) is 0 Å². The van der Waals surface area contributed by atoms with Crippen LogP contribution >= 0.6 is 0 Å². The van der Waals surface area contributed by atoms with Crippen LogP contribution in [-0.4, -0.2) is 19.8 Å². The highest BCUT2D eigenvalue weighted by atomic mass is 16.5. The molecule has 0 unspecified atom stereocenters. The van der Waals surface area contributed by atoms with Crippen LogP contribution in [0.3, 0.4) is 0 Å². The van der Waals surface area contributed by atoms with Gasteiger partial charge in [-0.3, -0.25) is 0 Å². The van der Waals surface area contributed by atoms with Gasteiger partial charge in [0.2, 0.25) is 0 Å². The largest absolute Gasteiger partial charge is 0.378 e. The Morgan fingerprint density at radius 1 is 1.29 bits per heavy atom. The van der Waals surface area contributed by atoms with Crippen molar-refractivity contribution in [1.82, 2.24) is 0 Å². The standard InChI is InChI=1S/C5H8O2/c1-2-6-4-5-7-3-1/h1-4H2. The zero-order valence-corrected chi connectivity index (χ0v) is 4.14. The summed E-state index contributed by atoms with van der Waals surface area (Å²) in [6.07, 6.45) is 0.993. The average molecular weight is 100 g/mol. The van der Waals surface area contributed by atoms with Gasteiger partial charge in [-0.2, -0.15) is 0 Å². The summed E-state index contributed by atoms with van der Waals surface area (Å²) in [5, 5.41) is 0. The molecule has 0 saturated carbocycles. The van der Waals surface area contributed by atoms with E-state index in [4.69, 9.17) is 9.47 Å². The van der Waals surface area contributed by atoms with Crippen molar-refractivity contribution in [3.05, 3.63) is 6.61 Å². The molecule has 7 heavy (non-hydrogen) atoms. The van der Waals surface area contributed by atoms with Crippen molar-refractivity contribution in [3.8, 4) is 0 Å². The van der Waals surface area contributed by atoms with Gasteiger partial charge in [-0.15, -0.1) is 0 Å². The van der Waals surface area contributed by atoms with E-state index in [1.807, 2.05) is 0 Å². The molecule has 1 rings (SSSR count). The van der Waals surface area contributed by atoms with Crippen LogP contribution in [0.5, 0.6) is 0 Å². The SMILES string of the molecule is [C]1COCCCO1. The molecule has 0 aromatic heterocycles. The molecule has 2 radical (unpaired) electrons. The van der Waals surface area contributed by atoms with Crippen molar-refractivity contribution >= 4 is 0 Å². The van der Waals surface area contributed by atoms with Crippen molar-refractivity contribution in [3.63, 3.8) is 0 Å². The minimum Gasteiger partial charge on any atom is -0.378 e. The zero-order valence-electron chi connectivity index (χ0n) is 4.14. The molecule has 1 heterocycles. The van der Waals surface area contributed by atoms with Crippen molar-refractivity contribution in [1.29, 1.82) is 0 Å². The number of rotatable bonds is 0. The maximum atomic E-state index is 4.96. The molecule has 0 aromatic carbocycles.